The highest BCUT2D eigenvalue weighted by Gasteiger charge is 2.32. The predicted octanol–water partition coefficient (Wildman–Crippen LogP) is 1.64. The van der Waals surface area contributed by atoms with E-state index in [1.165, 1.54) is 4.90 Å². The van der Waals surface area contributed by atoms with Gasteiger partial charge in [-0.2, -0.15) is 0 Å². The van der Waals surface area contributed by atoms with E-state index in [1.807, 2.05) is 31.2 Å². The monoisotopic (exact) mass is 344 g/mol. The molecule has 0 unspecified atom stereocenters. The largest absolute Gasteiger partial charge is 0.341 e. The van der Waals surface area contributed by atoms with Gasteiger partial charge in [-0.25, -0.2) is 8.42 Å². The SMILES string of the molecule is C[C@@H](NCC(=O)N(C)[C@@H]1CCS(=O)(=O)C1)c1ccccc1Cl. The van der Waals surface area contributed by atoms with E-state index in [1.54, 1.807) is 7.05 Å². The topological polar surface area (TPSA) is 66.5 Å². The Morgan fingerprint density at radius 3 is 2.73 bits per heavy atom. The number of nitrogens with zero attached hydrogens (tertiary/aromatic N) is 1. The minimum atomic E-state index is -2.99. The number of hydrogen-bond acceptors (Lipinski definition) is 4. The lowest BCUT2D eigenvalue weighted by Gasteiger charge is -2.24. The molecule has 2 atom stereocenters. The molecule has 5 nitrogen and oxygen atoms in total. The summed E-state index contributed by atoms with van der Waals surface area (Å²) in [5, 5.41) is 3.80. The van der Waals surface area contributed by atoms with Crippen molar-refractivity contribution >= 4 is 27.3 Å². The van der Waals surface area contributed by atoms with Gasteiger partial charge in [0.05, 0.1) is 18.1 Å². The number of sulfone groups is 1. The number of nitrogens with one attached hydrogen (secondary N) is 1. The lowest BCUT2D eigenvalue weighted by atomic mass is 10.1. The van der Waals surface area contributed by atoms with Crippen LogP contribution in [0.5, 0.6) is 0 Å². The number of likely N-dealkylation sites (N-methyl/N-ethyl adjacent to an activating group) is 1. The Morgan fingerprint density at radius 2 is 2.14 bits per heavy atom. The fraction of sp³-hybridized carbons (Fsp3) is 0.533. The molecule has 122 valence electrons. The first-order chi connectivity index (χ1) is 10.3. The van der Waals surface area contributed by atoms with Crippen molar-refractivity contribution in [2.45, 2.75) is 25.4 Å². The molecule has 1 saturated heterocycles. The first-order valence-electron chi connectivity index (χ1n) is 7.24. The molecular formula is C15H21ClN2O3S. The summed E-state index contributed by atoms with van der Waals surface area (Å²) in [4.78, 5) is 13.7. The highest BCUT2D eigenvalue weighted by molar-refractivity contribution is 7.91. The van der Waals surface area contributed by atoms with E-state index in [-0.39, 0.29) is 36.0 Å². The summed E-state index contributed by atoms with van der Waals surface area (Å²) >= 11 is 6.13. The Bertz CT molecular complexity index is 648. The average molecular weight is 345 g/mol. The van der Waals surface area contributed by atoms with Gasteiger partial charge in [-0.1, -0.05) is 29.8 Å². The van der Waals surface area contributed by atoms with E-state index in [2.05, 4.69) is 5.32 Å². The molecule has 1 aromatic rings. The zero-order valence-electron chi connectivity index (χ0n) is 12.8. The van der Waals surface area contributed by atoms with Crippen molar-refractivity contribution < 1.29 is 13.2 Å². The van der Waals surface area contributed by atoms with Crippen molar-refractivity contribution in [3.63, 3.8) is 0 Å². The van der Waals surface area contributed by atoms with Gasteiger partial charge >= 0.3 is 0 Å². The average Bonchev–Trinajstić information content (AvgIpc) is 2.84. The molecule has 1 aromatic carbocycles. The summed E-state index contributed by atoms with van der Waals surface area (Å²) in [6.07, 6.45) is 0.518. The molecule has 1 heterocycles. The third-order valence-electron chi connectivity index (χ3n) is 4.08. The van der Waals surface area contributed by atoms with E-state index in [9.17, 15) is 13.2 Å². The molecule has 0 radical (unpaired) electrons. The van der Waals surface area contributed by atoms with Crippen LogP contribution in [0.15, 0.2) is 24.3 Å². The predicted molar refractivity (Wildman–Crippen MR) is 87.7 cm³/mol. The quantitative estimate of drug-likeness (QED) is 0.881. The molecule has 1 N–H and O–H groups in total. The highest BCUT2D eigenvalue weighted by Crippen LogP contribution is 2.22. The second-order valence-corrected chi connectivity index (χ2v) is 8.32. The molecule has 7 heteroatoms. The molecule has 0 bridgehead atoms. The second kappa shape index (κ2) is 6.98. The Morgan fingerprint density at radius 1 is 1.45 bits per heavy atom. The lowest BCUT2D eigenvalue weighted by Crippen LogP contribution is -2.43. The minimum Gasteiger partial charge on any atom is -0.341 e. The highest BCUT2D eigenvalue weighted by atomic mass is 35.5. The maximum Gasteiger partial charge on any atom is 0.236 e. The van der Waals surface area contributed by atoms with Gasteiger partial charge in [-0.05, 0) is 25.0 Å². The Labute approximate surface area is 136 Å². The third-order valence-corrected chi connectivity index (χ3v) is 6.18. The number of rotatable bonds is 5. The van der Waals surface area contributed by atoms with Crippen LogP contribution in [-0.4, -0.2) is 50.4 Å². The van der Waals surface area contributed by atoms with Gasteiger partial charge < -0.3 is 10.2 Å². The van der Waals surface area contributed by atoms with Gasteiger partial charge in [0, 0.05) is 24.2 Å². The summed E-state index contributed by atoms with van der Waals surface area (Å²) in [6.45, 7) is 2.09. The number of hydrogen-bond donors (Lipinski definition) is 1. The zero-order chi connectivity index (χ0) is 16.3. The first-order valence-corrected chi connectivity index (χ1v) is 9.44. The second-order valence-electron chi connectivity index (χ2n) is 5.69. The maximum absolute atomic E-state index is 12.2. The van der Waals surface area contributed by atoms with Gasteiger partial charge in [-0.3, -0.25) is 4.79 Å². The van der Waals surface area contributed by atoms with Crippen LogP contribution in [0.2, 0.25) is 5.02 Å². The third kappa shape index (κ3) is 4.21. The lowest BCUT2D eigenvalue weighted by molar-refractivity contribution is -0.130. The Balaban J connectivity index is 1.89. The number of benzene rings is 1. The number of carbonyl (C=O) groups is 1. The molecule has 0 spiro atoms. The van der Waals surface area contributed by atoms with Crippen LogP contribution in [0.25, 0.3) is 0 Å². The van der Waals surface area contributed by atoms with Crippen LogP contribution in [0.3, 0.4) is 0 Å². The van der Waals surface area contributed by atoms with E-state index in [4.69, 9.17) is 11.6 Å². The van der Waals surface area contributed by atoms with Gasteiger partial charge in [0.1, 0.15) is 0 Å². The molecule has 1 fully saturated rings. The number of carbonyl (C=O) groups excluding carboxylic acids is 1. The normalized spacial score (nSPS) is 21.5. The van der Waals surface area contributed by atoms with Crippen molar-refractivity contribution in [3.05, 3.63) is 34.9 Å². The van der Waals surface area contributed by atoms with Crippen LogP contribution in [0.4, 0.5) is 0 Å². The van der Waals surface area contributed by atoms with E-state index in [0.29, 0.717) is 11.4 Å². The van der Waals surface area contributed by atoms with Crippen LogP contribution in [-0.2, 0) is 14.6 Å². The summed E-state index contributed by atoms with van der Waals surface area (Å²) in [7, 11) is -1.32. The fourth-order valence-corrected chi connectivity index (χ4v) is 4.66. The Kier molecular flexibility index (Phi) is 5.47. The van der Waals surface area contributed by atoms with Gasteiger partial charge in [0.25, 0.3) is 0 Å². The van der Waals surface area contributed by atoms with Gasteiger partial charge in [-0.15, -0.1) is 0 Å². The molecule has 2 rings (SSSR count). The first kappa shape index (κ1) is 17.2. The maximum atomic E-state index is 12.2. The van der Waals surface area contributed by atoms with Crippen molar-refractivity contribution in [2.24, 2.45) is 0 Å². The van der Waals surface area contributed by atoms with Crippen LogP contribution >= 0.6 is 11.6 Å². The molecule has 0 aromatic heterocycles. The van der Waals surface area contributed by atoms with Crippen LogP contribution < -0.4 is 5.32 Å². The molecule has 22 heavy (non-hydrogen) atoms. The smallest absolute Gasteiger partial charge is 0.236 e. The van der Waals surface area contributed by atoms with E-state index < -0.39 is 9.84 Å². The fourth-order valence-electron chi connectivity index (χ4n) is 2.59. The summed E-state index contributed by atoms with van der Waals surface area (Å²) in [5.41, 5.74) is 0.933. The molecule has 1 aliphatic rings. The van der Waals surface area contributed by atoms with Crippen LogP contribution in [0.1, 0.15) is 24.9 Å². The van der Waals surface area contributed by atoms with Gasteiger partial charge in [0.15, 0.2) is 9.84 Å². The van der Waals surface area contributed by atoms with E-state index >= 15 is 0 Å². The number of amides is 1. The molecule has 1 amide bonds. The van der Waals surface area contributed by atoms with Crippen LogP contribution in [0, 0.1) is 0 Å². The zero-order valence-corrected chi connectivity index (χ0v) is 14.3. The standard InChI is InChI=1S/C15H21ClN2O3S/c1-11(13-5-3-4-6-14(13)16)17-9-15(19)18(2)12-7-8-22(20,21)10-12/h3-6,11-12,17H,7-10H2,1-2H3/t11-,12-/m1/s1. The summed E-state index contributed by atoms with van der Waals surface area (Å²) < 4.78 is 23.0. The summed E-state index contributed by atoms with van der Waals surface area (Å²) in [5.74, 6) is 0.120. The van der Waals surface area contributed by atoms with Crippen molar-refractivity contribution in [2.75, 3.05) is 25.1 Å². The minimum absolute atomic E-state index is 0.0571. The molecule has 0 saturated carbocycles. The van der Waals surface area contributed by atoms with Crippen molar-refractivity contribution in [1.82, 2.24) is 10.2 Å². The number of halogens is 1. The Hall–Kier alpha value is -1.11. The van der Waals surface area contributed by atoms with Crippen molar-refractivity contribution in [3.8, 4) is 0 Å². The van der Waals surface area contributed by atoms with E-state index in [0.717, 1.165) is 5.56 Å². The van der Waals surface area contributed by atoms with Crippen molar-refractivity contribution in [1.29, 1.82) is 0 Å². The molecule has 1 aliphatic heterocycles. The molecule has 0 aliphatic carbocycles. The van der Waals surface area contributed by atoms with Gasteiger partial charge in [0.2, 0.25) is 5.91 Å². The molecular weight excluding hydrogens is 324 g/mol. The summed E-state index contributed by atoms with van der Waals surface area (Å²) in [6, 6.07) is 7.21.